The summed E-state index contributed by atoms with van der Waals surface area (Å²) in [6, 6.07) is 10.0. The maximum absolute atomic E-state index is 11.1. The lowest BCUT2D eigenvalue weighted by molar-refractivity contribution is -0.134. The first-order valence-corrected chi connectivity index (χ1v) is 5.32. The Morgan fingerprint density at radius 1 is 1.38 bits per heavy atom. The molecule has 0 aliphatic carbocycles. The van der Waals surface area contributed by atoms with Crippen molar-refractivity contribution < 1.29 is 9.53 Å². The van der Waals surface area contributed by atoms with Gasteiger partial charge in [0.1, 0.15) is 0 Å². The molecule has 16 heavy (non-hydrogen) atoms. The van der Waals surface area contributed by atoms with Crippen molar-refractivity contribution in [3.05, 3.63) is 47.7 Å². The second kappa shape index (κ2) is 6.67. The molecular formula is C13H17NO2. The SMILES string of the molecule is CC/C(=C\C(=O)OC)NCc1ccccc1. The van der Waals surface area contributed by atoms with Crippen molar-refractivity contribution in [3.8, 4) is 0 Å². The topological polar surface area (TPSA) is 38.3 Å². The molecule has 1 aromatic rings. The van der Waals surface area contributed by atoms with Crippen LogP contribution in [0.3, 0.4) is 0 Å². The summed E-state index contributed by atoms with van der Waals surface area (Å²) in [6.45, 7) is 2.71. The van der Waals surface area contributed by atoms with Gasteiger partial charge in [-0.3, -0.25) is 0 Å². The number of methoxy groups -OCH3 is 1. The number of benzene rings is 1. The van der Waals surface area contributed by atoms with Crippen LogP contribution in [0.15, 0.2) is 42.1 Å². The van der Waals surface area contributed by atoms with E-state index in [0.29, 0.717) is 0 Å². The smallest absolute Gasteiger partial charge is 0.332 e. The molecule has 0 radical (unpaired) electrons. The van der Waals surface area contributed by atoms with E-state index in [1.165, 1.54) is 18.7 Å². The molecule has 0 amide bonds. The van der Waals surface area contributed by atoms with E-state index in [1.807, 2.05) is 37.3 Å². The fourth-order valence-corrected chi connectivity index (χ4v) is 1.29. The van der Waals surface area contributed by atoms with Crippen LogP contribution in [0.5, 0.6) is 0 Å². The van der Waals surface area contributed by atoms with Crippen molar-refractivity contribution in [2.45, 2.75) is 19.9 Å². The Kier molecular flexibility index (Phi) is 5.12. The molecule has 1 rings (SSSR count). The van der Waals surface area contributed by atoms with Gasteiger partial charge in [0, 0.05) is 18.3 Å². The molecule has 1 aromatic carbocycles. The molecular weight excluding hydrogens is 202 g/mol. The summed E-state index contributed by atoms with van der Waals surface area (Å²) in [4.78, 5) is 11.1. The number of nitrogens with one attached hydrogen (secondary N) is 1. The highest BCUT2D eigenvalue weighted by Gasteiger charge is 1.99. The molecule has 0 unspecified atom stereocenters. The highest BCUT2D eigenvalue weighted by Crippen LogP contribution is 2.02. The van der Waals surface area contributed by atoms with E-state index in [9.17, 15) is 4.79 Å². The normalized spacial score (nSPS) is 11.0. The van der Waals surface area contributed by atoms with Crippen LogP contribution in [0.1, 0.15) is 18.9 Å². The van der Waals surface area contributed by atoms with E-state index < -0.39 is 0 Å². The van der Waals surface area contributed by atoms with Gasteiger partial charge in [-0.2, -0.15) is 0 Å². The van der Waals surface area contributed by atoms with Crippen LogP contribution in [0.25, 0.3) is 0 Å². The number of ether oxygens (including phenoxy) is 1. The Hall–Kier alpha value is -1.77. The number of carbonyl (C=O) groups is 1. The van der Waals surface area contributed by atoms with Gasteiger partial charge in [0.15, 0.2) is 0 Å². The number of carbonyl (C=O) groups excluding carboxylic acids is 1. The molecule has 86 valence electrons. The van der Waals surface area contributed by atoms with Gasteiger partial charge in [0.2, 0.25) is 0 Å². The molecule has 0 aromatic heterocycles. The first-order chi connectivity index (χ1) is 7.76. The summed E-state index contributed by atoms with van der Waals surface area (Å²) in [5, 5.41) is 3.21. The zero-order valence-corrected chi connectivity index (χ0v) is 9.69. The largest absolute Gasteiger partial charge is 0.466 e. The zero-order chi connectivity index (χ0) is 11.8. The minimum Gasteiger partial charge on any atom is -0.466 e. The van der Waals surface area contributed by atoms with E-state index in [-0.39, 0.29) is 5.97 Å². The predicted octanol–water partition coefficient (Wildman–Crippen LogP) is 2.24. The first kappa shape index (κ1) is 12.3. The molecule has 3 heteroatoms. The van der Waals surface area contributed by atoms with E-state index >= 15 is 0 Å². The van der Waals surface area contributed by atoms with Crippen molar-refractivity contribution in [2.24, 2.45) is 0 Å². The lowest BCUT2D eigenvalue weighted by atomic mass is 10.2. The summed E-state index contributed by atoms with van der Waals surface area (Å²) in [6.07, 6.45) is 2.27. The number of hydrogen-bond donors (Lipinski definition) is 1. The van der Waals surface area contributed by atoms with Crippen molar-refractivity contribution in [2.75, 3.05) is 7.11 Å². The van der Waals surface area contributed by atoms with Crippen LogP contribution in [0.2, 0.25) is 0 Å². The van der Waals surface area contributed by atoms with Crippen LogP contribution >= 0.6 is 0 Å². The van der Waals surface area contributed by atoms with Gasteiger partial charge in [-0.25, -0.2) is 4.79 Å². The van der Waals surface area contributed by atoms with Gasteiger partial charge < -0.3 is 10.1 Å². The second-order valence-corrected chi connectivity index (χ2v) is 3.39. The van der Waals surface area contributed by atoms with E-state index in [0.717, 1.165) is 18.7 Å². The summed E-state index contributed by atoms with van der Waals surface area (Å²) in [5.41, 5.74) is 2.07. The summed E-state index contributed by atoms with van der Waals surface area (Å²) in [7, 11) is 1.38. The van der Waals surface area contributed by atoms with E-state index in [1.54, 1.807) is 0 Å². The average molecular weight is 219 g/mol. The molecule has 0 bridgehead atoms. The molecule has 0 saturated heterocycles. The minimum absolute atomic E-state index is 0.322. The number of allylic oxidation sites excluding steroid dienone is 1. The lowest BCUT2D eigenvalue weighted by Crippen LogP contribution is -2.14. The third kappa shape index (κ3) is 4.17. The molecule has 0 aliphatic heterocycles. The van der Waals surface area contributed by atoms with Gasteiger partial charge in [-0.05, 0) is 12.0 Å². The van der Waals surface area contributed by atoms with Crippen LogP contribution in [-0.4, -0.2) is 13.1 Å². The monoisotopic (exact) mass is 219 g/mol. The maximum Gasteiger partial charge on any atom is 0.332 e. The average Bonchev–Trinajstić information content (AvgIpc) is 2.35. The predicted molar refractivity (Wildman–Crippen MR) is 63.7 cm³/mol. The Morgan fingerprint density at radius 3 is 2.62 bits per heavy atom. The van der Waals surface area contributed by atoms with Gasteiger partial charge in [0.25, 0.3) is 0 Å². The number of hydrogen-bond acceptors (Lipinski definition) is 3. The molecule has 1 N–H and O–H groups in total. The fraction of sp³-hybridized carbons (Fsp3) is 0.308. The summed E-state index contributed by atoms with van der Waals surface area (Å²) < 4.78 is 4.58. The molecule has 0 spiro atoms. The third-order valence-electron chi connectivity index (χ3n) is 2.24. The Labute approximate surface area is 96.1 Å². The standard InChI is InChI=1S/C13H17NO2/c1-3-12(9-13(15)16-2)14-10-11-7-5-4-6-8-11/h4-9,14H,3,10H2,1-2H3/b12-9+. The molecule has 0 heterocycles. The minimum atomic E-state index is -0.322. The van der Waals surface area contributed by atoms with Crippen LogP contribution < -0.4 is 5.32 Å². The third-order valence-corrected chi connectivity index (χ3v) is 2.24. The van der Waals surface area contributed by atoms with Gasteiger partial charge in [-0.1, -0.05) is 37.3 Å². The van der Waals surface area contributed by atoms with E-state index in [2.05, 4.69) is 10.1 Å². The molecule has 0 aliphatic rings. The molecule has 0 saturated carbocycles. The quantitative estimate of drug-likeness (QED) is 0.609. The van der Waals surface area contributed by atoms with Crippen LogP contribution in [-0.2, 0) is 16.1 Å². The zero-order valence-electron chi connectivity index (χ0n) is 9.69. The van der Waals surface area contributed by atoms with Crippen molar-refractivity contribution in [1.82, 2.24) is 5.32 Å². The number of esters is 1. The fourth-order valence-electron chi connectivity index (χ4n) is 1.29. The van der Waals surface area contributed by atoms with E-state index in [4.69, 9.17) is 0 Å². The van der Waals surface area contributed by atoms with Gasteiger partial charge in [-0.15, -0.1) is 0 Å². The Bertz CT molecular complexity index is 357. The van der Waals surface area contributed by atoms with Gasteiger partial charge in [0.05, 0.1) is 7.11 Å². The molecule has 0 atom stereocenters. The summed E-state index contributed by atoms with van der Waals surface area (Å²) in [5.74, 6) is -0.322. The maximum atomic E-state index is 11.1. The summed E-state index contributed by atoms with van der Waals surface area (Å²) >= 11 is 0. The highest BCUT2D eigenvalue weighted by atomic mass is 16.5. The van der Waals surface area contributed by atoms with Crippen LogP contribution in [0.4, 0.5) is 0 Å². The van der Waals surface area contributed by atoms with Crippen molar-refractivity contribution >= 4 is 5.97 Å². The van der Waals surface area contributed by atoms with Crippen LogP contribution in [0, 0.1) is 0 Å². The Morgan fingerprint density at radius 2 is 2.06 bits per heavy atom. The Balaban J connectivity index is 2.52. The second-order valence-electron chi connectivity index (χ2n) is 3.39. The first-order valence-electron chi connectivity index (χ1n) is 5.32. The van der Waals surface area contributed by atoms with Crippen molar-refractivity contribution in [1.29, 1.82) is 0 Å². The van der Waals surface area contributed by atoms with Gasteiger partial charge >= 0.3 is 5.97 Å². The molecule has 0 fully saturated rings. The number of rotatable bonds is 5. The van der Waals surface area contributed by atoms with Crippen molar-refractivity contribution in [3.63, 3.8) is 0 Å². The molecule has 3 nitrogen and oxygen atoms in total. The highest BCUT2D eigenvalue weighted by molar-refractivity contribution is 5.82. The lowest BCUT2D eigenvalue weighted by Gasteiger charge is -2.08.